The molecule has 0 spiro atoms. The molecule has 1 rings (SSSR count). The lowest BCUT2D eigenvalue weighted by Crippen LogP contribution is -2.40. The molecule has 5 heteroatoms. The monoisotopic (exact) mass is 372 g/mol. The number of aliphatic hydroxyl groups is 3. The van der Waals surface area contributed by atoms with E-state index < -0.39 is 24.4 Å². The molecule has 1 saturated heterocycles. The SMILES string of the molecule is CCCCCCCCCCCCC/C=C/OC[C@@H](O)[C@H]1OC[C@H](O)[C@H]1O. The Morgan fingerprint density at radius 2 is 1.54 bits per heavy atom. The van der Waals surface area contributed by atoms with E-state index >= 15 is 0 Å². The number of aliphatic hydroxyl groups excluding tert-OH is 3. The maximum atomic E-state index is 9.89. The van der Waals surface area contributed by atoms with Crippen LogP contribution in [-0.2, 0) is 9.47 Å². The highest BCUT2D eigenvalue weighted by Gasteiger charge is 2.39. The van der Waals surface area contributed by atoms with Gasteiger partial charge in [-0.05, 0) is 18.9 Å². The molecule has 0 amide bonds. The third-order valence-electron chi connectivity index (χ3n) is 5.00. The van der Waals surface area contributed by atoms with Gasteiger partial charge in [-0.25, -0.2) is 0 Å². The number of rotatable bonds is 16. The van der Waals surface area contributed by atoms with Crippen LogP contribution < -0.4 is 0 Å². The zero-order chi connectivity index (χ0) is 19.0. The minimum atomic E-state index is -1.05. The van der Waals surface area contributed by atoms with E-state index in [1.807, 2.05) is 6.08 Å². The Labute approximate surface area is 159 Å². The molecule has 5 nitrogen and oxygen atoms in total. The molecule has 4 atom stereocenters. The van der Waals surface area contributed by atoms with Crippen molar-refractivity contribution in [2.45, 2.75) is 108 Å². The van der Waals surface area contributed by atoms with Gasteiger partial charge in [0.2, 0.25) is 0 Å². The molecular weight excluding hydrogens is 332 g/mol. The summed E-state index contributed by atoms with van der Waals surface area (Å²) in [5.41, 5.74) is 0. The first-order valence-corrected chi connectivity index (χ1v) is 10.6. The predicted molar refractivity (Wildman–Crippen MR) is 104 cm³/mol. The van der Waals surface area contributed by atoms with Crippen molar-refractivity contribution in [2.75, 3.05) is 13.2 Å². The summed E-state index contributed by atoms with van der Waals surface area (Å²) >= 11 is 0. The number of hydrogen-bond acceptors (Lipinski definition) is 5. The molecule has 1 aliphatic heterocycles. The van der Waals surface area contributed by atoms with Gasteiger partial charge >= 0.3 is 0 Å². The van der Waals surface area contributed by atoms with Gasteiger partial charge in [0.05, 0.1) is 12.9 Å². The zero-order valence-corrected chi connectivity index (χ0v) is 16.5. The molecule has 1 fully saturated rings. The summed E-state index contributed by atoms with van der Waals surface area (Å²) in [6, 6.07) is 0. The first kappa shape index (κ1) is 23.4. The third-order valence-corrected chi connectivity index (χ3v) is 5.00. The lowest BCUT2D eigenvalue weighted by atomic mass is 10.1. The van der Waals surface area contributed by atoms with Crippen molar-refractivity contribution in [1.82, 2.24) is 0 Å². The number of allylic oxidation sites excluding steroid dienone is 1. The van der Waals surface area contributed by atoms with Gasteiger partial charge in [0.1, 0.15) is 31.0 Å². The standard InChI is InChI=1S/C21H40O5/c1-2-3-4-5-6-7-8-9-10-11-12-13-14-15-25-16-19(23)21-20(24)18(22)17-26-21/h14-15,18-24H,2-13,16-17H2,1H3/b15-14+/t18-,19+,20+,21+/m0/s1. The van der Waals surface area contributed by atoms with Gasteiger partial charge in [-0.1, -0.05) is 71.1 Å². The second kappa shape index (κ2) is 15.4. The molecule has 0 saturated carbocycles. The molecule has 1 aliphatic rings. The molecule has 0 aromatic rings. The molecule has 26 heavy (non-hydrogen) atoms. The smallest absolute Gasteiger partial charge is 0.117 e. The van der Waals surface area contributed by atoms with Gasteiger partial charge in [0, 0.05) is 0 Å². The molecule has 0 aliphatic carbocycles. The fourth-order valence-electron chi connectivity index (χ4n) is 3.28. The number of ether oxygens (including phenoxy) is 2. The van der Waals surface area contributed by atoms with Gasteiger partial charge in [0.25, 0.3) is 0 Å². The van der Waals surface area contributed by atoms with Crippen molar-refractivity contribution in [2.24, 2.45) is 0 Å². The summed E-state index contributed by atoms with van der Waals surface area (Å²) in [5.74, 6) is 0. The molecule has 0 aromatic heterocycles. The van der Waals surface area contributed by atoms with Crippen molar-refractivity contribution in [3.05, 3.63) is 12.3 Å². The van der Waals surface area contributed by atoms with Crippen LogP contribution in [0, 0.1) is 0 Å². The topological polar surface area (TPSA) is 79.2 Å². The molecule has 0 unspecified atom stereocenters. The Kier molecular flexibility index (Phi) is 13.9. The summed E-state index contributed by atoms with van der Waals surface area (Å²) in [7, 11) is 0. The van der Waals surface area contributed by atoms with Crippen LogP contribution in [-0.4, -0.2) is 52.9 Å². The first-order chi connectivity index (χ1) is 12.7. The molecule has 3 N–H and O–H groups in total. The summed E-state index contributed by atoms with van der Waals surface area (Å²) in [5, 5.41) is 28.9. The lowest BCUT2D eigenvalue weighted by molar-refractivity contribution is -0.0703. The van der Waals surface area contributed by atoms with Crippen LogP contribution >= 0.6 is 0 Å². The molecular formula is C21H40O5. The number of unbranched alkanes of at least 4 members (excludes halogenated alkanes) is 11. The van der Waals surface area contributed by atoms with Gasteiger partial charge < -0.3 is 24.8 Å². The van der Waals surface area contributed by atoms with E-state index in [9.17, 15) is 15.3 Å². The Morgan fingerprint density at radius 3 is 2.08 bits per heavy atom. The zero-order valence-electron chi connectivity index (χ0n) is 16.5. The second-order valence-corrected chi connectivity index (χ2v) is 7.45. The normalized spacial score (nSPS) is 24.4. The lowest BCUT2D eigenvalue weighted by Gasteiger charge is -2.20. The van der Waals surface area contributed by atoms with Crippen molar-refractivity contribution < 1.29 is 24.8 Å². The van der Waals surface area contributed by atoms with Crippen LogP contribution in [0.3, 0.4) is 0 Å². The quantitative estimate of drug-likeness (QED) is 0.284. The average Bonchev–Trinajstić information content (AvgIpc) is 2.97. The van der Waals surface area contributed by atoms with E-state index in [0.717, 1.165) is 12.8 Å². The highest BCUT2D eigenvalue weighted by Crippen LogP contribution is 2.18. The van der Waals surface area contributed by atoms with Gasteiger partial charge in [-0.2, -0.15) is 0 Å². The summed E-state index contributed by atoms with van der Waals surface area (Å²) in [4.78, 5) is 0. The van der Waals surface area contributed by atoms with Crippen LogP contribution in [0.5, 0.6) is 0 Å². The van der Waals surface area contributed by atoms with Gasteiger partial charge in [-0.15, -0.1) is 0 Å². The van der Waals surface area contributed by atoms with Gasteiger partial charge in [-0.3, -0.25) is 0 Å². The Hall–Kier alpha value is -0.620. The maximum Gasteiger partial charge on any atom is 0.117 e. The summed E-state index contributed by atoms with van der Waals surface area (Å²) in [6.45, 7) is 2.37. The van der Waals surface area contributed by atoms with E-state index in [1.54, 1.807) is 6.26 Å². The fourth-order valence-corrected chi connectivity index (χ4v) is 3.28. The molecule has 0 bridgehead atoms. The van der Waals surface area contributed by atoms with Gasteiger partial charge in [0.15, 0.2) is 0 Å². The molecule has 0 aromatic carbocycles. The van der Waals surface area contributed by atoms with Crippen molar-refractivity contribution in [1.29, 1.82) is 0 Å². The van der Waals surface area contributed by atoms with Crippen LogP contribution in [0.15, 0.2) is 12.3 Å². The molecule has 0 radical (unpaired) electrons. The van der Waals surface area contributed by atoms with E-state index in [4.69, 9.17) is 9.47 Å². The van der Waals surface area contributed by atoms with Crippen molar-refractivity contribution >= 4 is 0 Å². The highest BCUT2D eigenvalue weighted by atomic mass is 16.5. The van der Waals surface area contributed by atoms with E-state index in [2.05, 4.69) is 6.92 Å². The Bertz CT molecular complexity index is 347. The van der Waals surface area contributed by atoms with Crippen molar-refractivity contribution in [3.8, 4) is 0 Å². The van der Waals surface area contributed by atoms with Crippen LogP contribution in [0.2, 0.25) is 0 Å². The van der Waals surface area contributed by atoms with Crippen LogP contribution in [0.4, 0.5) is 0 Å². The number of hydrogen-bond donors (Lipinski definition) is 3. The van der Waals surface area contributed by atoms with E-state index in [1.165, 1.54) is 64.2 Å². The second-order valence-electron chi connectivity index (χ2n) is 7.45. The highest BCUT2D eigenvalue weighted by molar-refractivity contribution is 4.88. The Morgan fingerprint density at radius 1 is 0.962 bits per heavy atom. The summed E-state index contributed by atoms with van der Waals surface area (Å²) < 4.78 is 10.4. The van der Waals surface area contributed by atoms with Crippen LogP contribution in [0.1, 0.15) is 84.0 Å². The van der Waals surface area contributed by atoms with E-state index in [-0.39, 0.29) is 13.2 Å². The fraction of sp³-hybridized carbons (Fsp3) is 0.905. The van der Waals surface area contributed by atoms with Crippen LogP contribution in [0.25, 0.3) is 0 Å². The summed E-state index contributed by atoms with van der Waals surface area (Å²) in [6.07, 6.45) is 15.6. The average molecular weight is 373 g/mol. The van der Waals surface area contributed by atoms with Crippen molar-refractivity contribution in [3.63, 3.8) is 0 Å². The van der Waals surface area contributed by atoms with E-state index in [0.29, 0.717) is 0 Å². The minimum absolute atomic E-state index is 0.0532. The molecule has 154 valence electrons. The first-order valence-electron chi connectivity index (χ1n) is 10.6. The largest absolute Gasteiger partial charge is 0.499 e. The minimum Gasteiger partial charge on any atom is -0.499 e. The Balaban J connectivity index is 1.85. The third kappa shape index (κ3) is 10.5. The maximum absolute atomic E-state index is 9.89. The predicted octanol–water partition coefficient (Wildman–Crippen LogP) is 3.70. The molecule has 1 heterocycles.